The van der Waals surface area contributed by atoms with Crippen LogP contribution in [-0.4, -0.2) is 29.4 Å². The molecule has 0 radical (unpaired) electrons. The summed E-state index contributed by atoms with van der Waals surface area (Å²) in [5.41, 5.74) is 9.50. The van der Waals surface area contributed by atoms with Gasteiger partial charge < -0.3 is 5.73 Å². The smallest absolute Gasteiger partial charge is 0.180 e. The number of amidine groups is 1. The normalized spacial score (nSPS) is 12.2. The van der Waals surface area contributed by atoms with Crippen molar-refractivity contribution in [1.29, 1.82) is 0 Å². The van der Waals surface area contributed by atoms with E-state index in [9.17, 15) is 0 Å². The Hall–Kier alpha value is -2.11. The average Bonchev–Trinajstić information content (AvgIpc) is 2.69. The third-order valence-electron chi connectivity index (χ3n) is 4.06. The van der Waals surface area contributed by atoms with E-state index in [4.69, 9.17) is 5.73 Å². The molecule has 0 atom stereocenters. The molecule has 2 aromatic rings. The maximum atomic E-state index is 5.92. The van der Waals surface area contributed by atoms with Gasteiger partial charge in [-0.25, -0.2) is 0 Å². The molecule has 2 N–H and O–H groups in total. The van der Waals surface area contributed by atoms with Gasteiger partial charge in [0.15, 0.2) is 5.17 Å². The van der Waals surface area contributed by atoms with E-state index >= 15 is 0 Å². The van der Waals surface area contributed by atoms with Crippen LogP contribution < -0.4 is 5.73 Å². The van der Waals surface area contributed by atoms with Gasteiger partial charge in [0, 0.05) is 12.3 Å². The van der Waals surface area contributed by atoms with Crippen LogP contribution in [0.2, 0.25) is 0 Å². The van der Waals surface area contributed by atoms with Crippen molar-refractivity contribution in [2.24, 2.45) is 15.9 Å². The molecule has 0 unspecified atom stereocenters. The Kier molecular flexibility index (Phi) is 9.66. The second-order valence-electron chi connectivity index (χ2n) is 6.47. The molecule has 2 aromatic carbocycles. The molecule has 144 valence electrons. The molecule has 2 rings (SSSR count). The summed E-state index contributed by atoms with van der Waals surface area (Å²) in [6, 6.07) is 18.7. The zero-order valence-electron chi connectivity index (χ0n) is 16.3. The van der Waals surface area contributed by atoms with Gasteiger partial charge in [0.1, 0.15) is 0 Å². The monoisotopic (exact) mass is 382 g/mol. The van der Waals surface area contributed by atoms with Gasteiger partial charge in [-0.1, -0.05) is 80.2 Å². The number of hydrogen-bond acceptors (Lipinski definition) is 4. The Bertz CT molecular complexity index is 705. The first-order valence-corrected chi connectivity index (χ1v) is 10.5. The van der Waals surface area contributed by atoms with Crippen LogP contribution in [0.25, 0.3) is 0 Å². The summed E-state index contributed by atoms with van der Waals surface area (Å²) in [4.78, 5) is 2.50. The molecule has 0 saturated carbocycles. The predicted molar refractivity (Wildman–Crippen MR) is 119 cm³/mol. The van der Waals surface area contributed by atoms with Gasteiger partial charge in [0.2, 0.25) is 0 Å². The summed E-state index contributed by atoms with van der Waals surface area (Å²) >= 11 is 1.49. The van der Waals surface area contributed by atoms with Crippen LogP contribution in [0.5, 0.6) is 0 Å². The number of hydrogen-bond donors (Lipinski definition) is 1. The molecular weight excluding hydrogens is 352 g/mol. The molecule has 0 amide bonds. The fraction of sp³-hybridized carbons (Fsp3) is 0.364. The lowest BCUT2D eigenvalue weighted by Crippen LogP contribution is -2.24. The van der Waals surface area contributed by atoms with Crippen LogP contribution in [0.15, 0.2) is 64.8 Å². The number of nitrogens with two attached hydrogens (primary N) is 1. The minimum Gasteiger partial charge on any atom is -0.377 e. The summed E-state index contributed by atoms with van der Waals surface area (Å²) in [6.07, 6.45) is 4.12. The highest BCUT2D eigenvalue weighted by Gasteiger charge is 2.03. The summed E-state index contributed by atoms with van der Waals surface area (Å²) in [7, 11) is 0. The fourth-order valence-electron chi connectivity index (χ4n) is 2.78. The van der Waals surface area contributed by atoms with E-state index in [1.807, 2.05) is 18.2 Å². The highest BCUT2D eigenvalue weighted by atomic mass is 32.2. The number of rotatable bonds is 10. The van der Waals surface area contributed by atoms with Gasteiger partial charge >= 0.3 is 0 Å². The lowest BCUT2D eigenvalue weighted by molar-refractivity contribution is 0.266. The summed E-state index contributed by atoms with van der Waals surface area (Å²) in [5.74, 6) is 0.798. The van der Waals surface area contributed by atoms with Crippen LogP contribution in [0.3, 0.4) is 0 Å². The minimum absolute atomic E-state index is 0.474. The molecule has 27 heavy (non-hydrogen) atoms. The predicted octanol–water partition coefficient (Wildman–Crippen LogP) is 4.89. The van der Waals surface area contributed by atoms with E-state index in [0.717, 1.165) is 31.0 Å². The van der Waals surface area contributed by atoms with E-state index in [0.29, 0.717) is 5.17 Å². The van der Waals surface area contributed by atoms with E-state index in [1.165, 1.54) is 35.7 Å². The molecule has 0 aliphatic rings. The Morgan fingerprint density at radius 1 is 0.963 bits per heavy atom. The average molecular weight is 383 g/mol. The van der Waals surface area contributed by atoms with E-state index < -0.39 is 0 Å². The van der Waals surface area contributed by atoms with Gasteiger partial charge in [-0.2, -0.15) is 5.10 Å². The van der Waals surface area contributed by atoms with Gasteiger partial charge in [0.25, 0.3) is 0 Å². The second kappa shape index (κ2) is 12.3. The standard InChI is InChI=1S/C22H30N4S/c1-3-14-26(15-4-2)17-20-12-10-19(11-13-20)16-24-25-22(23)27-18-21-8-6-5-7-9-21/h5-13,16H,3-4,14-15,17-18H2,1-2H3,(H2,23,25). The molecule has 4 nitrogen and oxygen atoms in total. The van der Waals surface area contributed by atoms with Crippen LogP contribution in [0, 0.1) is 0 Å². The van der Waals surface area contributed by atoms with Gasteiger partial charge in [-0.15, -0.1) is 5.10 Å². The first-order valence-electron chi connectivity index (χ1n) is 9.55. The van der Waals surface area contributed by atoms with Crippen molar-refractivity contribution >= 4 is 23.1 Å². The lowest BCUT2D eigenvalue weighted by atomic mass is 10.1. The second-order valence-corrected chi connectivity index (χ2v) is 7.47. The fourth-order valence-corrected chi connectivity index (χ4v) is 3.39. The van der Waals surface area contributed by atoms with Crippen molar-refractivity contribution in [3.8, 4) is 0 Å². The summed E-state index contributed by atoms with van der Waals surface area (Å²) in [6.45, 7) is 7.75. The van der Waals surface area contributed by atoms with Crippen molar-refractivity contribution in [3.63, 3.8) is 0 Å². The molecule has 0 spiro atoms. The molecule has 0 aliphatic carbocycles. The molecule has 0 aliphatic heterocycles. The molecule has 0 fully saturated rings. The molecule has 0 heterocycles. The van der Waals surface area contributed by atoms with Crippen LogP contribution in [0.4, 0.5) is 0 Å². The largest absolute Gasteiger partial charge is 0.377 e. The van der Waals surface area contributed by atoms with Gasteiger partial charge in [0.05, 0.1) is 6.21 Å². The third-order valence-corrected chi connectivity index (χ3v) is 4.91. The molecular formula is C22H30N4S. The maximum absolute atomic E-state index is 5.92. The van der Waals surface area contributed by atoms with Crippen molar-refractivity contribution in [3.05, 3.63) is 71.3 Å². The minimum atomic E-state index is 0.474. The number of thioether (sulfide) groups is 1. The summed E-state index contributed by atoms with van der Waals surface area (Å²) < 4.78 is 0. The molecule has 0 aromatic heterocycles. The highest BCUT2D eigenvalue weighted by molar-refractivity contribution is 8.13. The first kappa shape index (κ1) is 21.2. The zero-order valence-corrected chi connectivity index (χ0v) is 17.2. The van der Waals surface area contributed by atoms with Crippen molar-refractivity contribution in [1.82, 2.24) is 4.90 Å². The van der Waals surface area contributed by atoms with E-state index in [2.05, 4.69) is 65.3 Å². The Balaban J connectivity index is 1.83. The number of nitrogens with zero attached hydrogens (tertiary/aromatic N) is 3. The van der Waals surface area contributed by atoms with Crippen molar-refractivity contribution < 1.29 is 0 Å². The van der Waals surface area contributed by atoms with Crippen LogP contribution >= 0.6 is 11.8 Å². The molecule has 0 saturated heterocycles. The van der Waals surface area contributed by atoms with E-state index in [-0.39, 0.29) is 0 Å². The van der Waals surface area contributed by atoms with Crippen LogP contribution in [0.1, 0.15) is 43.4 Å². The quantitative estimate of drug-likeness (QED) is 0.361. The molecule has 5 heteroatoms. The van der Waals surface area contributed by atoms with Crippen molar-refractivity contribution in [2.45, 2.75) is 39.0 Å². The molecule has 0 bridgehead atoms. The Morgan fingerprint density at radius 2 is 1.63 bits per heavy atom. The maximum Gasteiger partial charge on any atom is 0.180 e. The Morgan fingerprint density at radius 3 is 2.26 bits per heavy atom. The number of benzene rings is 2. The van der Waals surface area contributed by atoms with Crippen LogP contribution in [-0.2, 0) is 12.3 Å². The van der Waals surface area contributed by atoms with Gasteiger partial charge in [-0.3, -0.25) is 4.90 Å². The third kappa shape index (κ3) is 8.41. The Labute approximate surface area is 167 Å². The lowest BCUT2D eigenvalue weighted by Gasteiger charge is -2.20. The van der Waals surface area contributed by atoms with E-state index in [1.54, 1.807) is 6.21 Å². The summed E-state index contributed by atoms with van der Waals surface area (Å²) in [5, 5.41) is 8.66. The zero-order chi connectivity index (χ0) is 19.3. The topological polar surface area (TPSA) is 54.0 Å². The van der Waals surface area contributed by atoms with Gasteiger partial charge in [-0.05, 0) is 42.6 Å². The highest BCUT2D eigenvalue weighted by Crippen LogP contribution is 2.12. The first-order chi connectivity index (χ1) is 13.2. The van der Waals surface area contributed by atoms with Crippen molar-refractivity contribution in [2.75, 3.05) is 13.1 Å². The SMILES string of the molecule is CCCN(CCC)Cc1ccc(C=NN=C(N)SCc2ccccc2)cc1.